The van der Waals surface area contributed by atoms with Crippen LogP contribution in [0.3, 0.4) is 0 Å². The highest BCUT2D eigenvalue weighted by molar-refractivity contribution is 6.30. The van der Waals surface area contributed by atoms with Crippen LogP contribution in [-0.4, -0.2) is 15.8 Å². The first-order valence-electron chi connectivity index (χ1n) is 10.8. The number of aromatic nitrogens is 1. The van der Waals surface area contributed by atoms with Gasteiger partial charge < -0.3 is 4.90 Å². The number of likely N-dealkylation sites (tertiary alicyclic amines) is 1. The van der Waals surface area contributed by atoms with Crippen molar-refractivity contribution in [1.29, 1.82) is 0 Å². The fourth-order valence-corrected chi connectivity index (χ4v) is 3.50. The molecule has 0 unspecified atom stereocenters. The van der Waals surface area contributed by atoms with Gasteiger partial charge in [0.2, 0.25) is 5.91 Å². The van der Waals surface area contributed by atoms with Crippen molar-refractivity contribution in [1.82, 2.24) is 9.88 Å². The smallest absolute Gasteiger partial charge is 0.223 e. The predicted octanol–water partition coefficient (Wildman–Crippen LogP) is 7.50. The number of piperidine rings is 1. The van der Waals surface area contributed by atoms with Crippen LogP contribution in [0.4, 0.5) is 0 Å². The van der Waals surface area contributed by atoms with Gasteiger partial charge >= 0.3 is 0 Å². The molecule has 1 saturated heterocycles. The zero-order chi connectivity index (χ0) is 21.9. The number of hydrogen-bond acceptors (Lipinski definition) is 2. The van der Waals surface area contributed by atoms with Gasteiger partial charge in [0.1, 0.15) is 0 Å². The van der Waals surface area contributed by atoms with Crippen LogP contribution in [0.1, 0.15) is 55.8 Å². The molecular formula is C26H28Cl2N2O. The van der Waals surface area contributed by atoms with Gasteiger partial charge in [-0.05, 0) is 54.8 Å². The van der Waals surface area contributed by atoms with Crippen molar-refractivity contribution < 1.29 is 4.79 Å². The van der Waals surface area contributed by atoms with Gasteiger partial charge in [-0.15, -0.1) is 0 Å². The standard InChI is InChI=1S/C17H17ClN2O.C6H5Cl.C3H6/c18-14-9-7-13(8-10-14)16-5-3-6-17(21)20(16)12-15-4-1-2-11-19-15;7-6-4-2-1-3-5-6;1-2-3-1/h1-2,4,7-11,16H,3,5-6,12H2;1-5H;1-3H2/t16-;;/m0../s1. The molecular weight excluding hydrogens is 427 g/mol. The molecule has 3 nitrogen and oxygen atoms in total. The molecule has 5 rings (SSSR count). The predicted molar refractivity (Wildman–Crippen MR) is 128 cm³/mol. The van der Waals surface area contributed by atoms with E-state index in [2.05, 4.69) is 4.98 Å². The van der Waals surface area contributed by atoms with Crippen molar-refractivity contribution in [2.24, 2.45) is 0 Å². The van der Waals surface area contributed by atoms with Crippen molar-refractivity contribution in [2.75, 3.05) is 0 Å². The monoisotopic (exact) mass is 454 g/mol. The largest absolute Gasteiger partial charge is 0.330 e. The van der Waals surface area contributed by atoms with Gasteiger partial charge in [0.15, 0.2) is 0 Å². The molecule has 1 atom stereocenters. The first kappa shape index (κ1) is 23.3. The van der Waals surface area contributed by atoms with E-state index < -0.39 is 0 Å². The van der Waals surface area contributed by atoms with Crippen LogP contribution in [0.25, 0.3) is 0 Å². The van der Waals surface area contributed by atoms with E-state index in [0.29, 0.717) is 13.0 Å². The number of carbonyl (C=O) groups is 1. The molecule has 162 valence electrons. The van der Waals surface area contributed by atoms with E-state index in [1.54, 1.807) is 6.20 Å². The van der Waals surface area contributed by atoms with E-state index >= 15 is 0 Å². The van der Waals surface area contributed by atoms with Crippen molar-refractivity contribution in [3.05, 3.63) is 100 Å². The highest BCUT2D eigenvalue weighted by Gasteiger charge is 2.29. The number of nitrogens with zero attached hydrogens (tertiary/aromatic N) is 2. The van der Waals surface area contributed by atoms with Crippen LogP contribution in [-0.2, 0) is 11.3 Å². The van der Waals surface area contributed by atoms with Crippen molar-refractivity contribution in [3.8, 4) is 0 Å². The van der Waals surface area contributed by atoms with E-state index in [0.717, 1.165) is 34.1 Å². The fraction of sp³-hybridized carbons (Fsp3) is 0.308. The summed E-state index contributed by atoms with van der Waals surface area (Å²) >= 11 is 11.5. The third-order valence-corrected chi connectivity index (χ3v) is 5.47. The van der Waals surface area contributed by atoms with Crippen LogP contribution in [0.2, 0.25) is 10.0 Å². The molecule has 2 aliphatic rings. The van der Waals surface area contributed by atoms with Crippen LogP contribution >= 0.6 is 23.2 Å². The molecule has 1 aliphatic heterocycles. The van der Waals surface area contributed by atoms with E-state index in [1.807, 2.05) is 77.7 Å². The lowest BCUT2D eigenvalue weighted by Crippen LogP contribution is -2.37. The van der Waals surface area contributed by atoms with Gasteiger partial charge in [-0.25, -0.2) is 0 Å². The summed E-state index contributed by atoms with van der Waals surface area (Å²) in [6.45, 7) is 0.562. The molecule has 0 bridgehead atoms. The fourth-order valence-electron chi connectivity index (χ4n) is 3.23. The van der Waals surface area contributed by atoms with E-state index in [1.165, 1.54) is 19.3 Å². The summed E-state index contributed by atoms with van der Waals surface area (Å²) in [5, 5.41) is 1.51. The highest BCUT2D eigenvalue weighted by Crippen LogP contribution is 2.33. The number of amides is 1. The van der Waals surface area contributed by atoms with E-state index in [-0.39, 0.29) is 11.9 Å². The molecule has 0 spiro atoms. The Labute approximate surface area is 195 Å². The third-order valence-electron chi connectivity index (χ3n) is 4.96. The zero-order valence-corrected chi connectivity index (χ0v) is 19.1. The van der Waals surface area contributed by atoms with Crippen molar-refractivity contribution in [2.45, 2.75) is 51.1 Å². The molecule has 0 radical (unpaired) electrons. The number of hydrogen-bond donors (Lipinski definition) is 0. The molecule has 2 heterocycles. The Morgan fingerprint density at radius 1 is 0.806 bits per heavy atom. The average molecular weight is 455 g/mol. The van der Waals surface area contributed by atoms with Gasteiger partial charge in [0.05, 0.1) is 18.3 Å². The lowest BCUT2D eigenvalue weighted by atomic mass is 9.94. The number of rotatable bonds is 3. The first-order chi connectivity index (χ1) is 15.1. The van der Waals surface area contributed by atoms with Gasteiger partial charge in [-0.1, -0.05) is 78.9 Å². The molecule has 2 fully saturated rings. The molecule has 1 saturated carbocycles. The Hall–Kier alpha value is -2.36. The number of carbonyl (C=O) groups excluding carboxylic acids is 1. The topological polar surface area (TPSA) is 33.2 Å². The maximum atomic E-state index is 12.3. The molecule has 0 N–H and O–H groups in total. The number of benzene rings is 2. The minimum atomic E-state index is 0.116. The van der Waals surface area contributed by atoms with E-state index in [4.69, 9.17) is 23.2 Å². The van der Waals surface area contributed by atoms with Crippen molar-refractivity contribution in [3.63, 3.8) is 0 Å². The van der Waals surface area contributed by atoms with Crippen LogP contribution in [0.5, 0.6) is 0 Å². The van der Waals surface area contributed by atoms with Gasteiger partial charge in [-0.3, -0.25) is 9.78 Å². The summed E-state index contributed by atoms with van der Waals surface area (Å²) in [7, 11) is 0. The first-order valence-corrected chi connectivity index (χ1v) is 11.5. The van der Waals surface area contributed by atoms with Gasteiger partial charge in [-0.2, -0.15) is 0 Å². The van der Waals surface area contributed by atoms with Gasteiger partial charge in [0.25, 0.3) is 0 Å². The van der Waals surface area contributed by atoms with Crippen LogP contribution in [0, 0.1) is 0 Å². The molecule has 3 aromatic rings. The molecule has 1 amide bonds. The minimum Gasteiger partial charge on any atom is -0.330 e. The number of halogens is 2. The second kappa shape index (κ2) is 12.5. The normalized spacial score (nSPS) is 17.0. The maximum Gasteiger partial charge on any atom is 0.223 e. The van der Waals surface area contributed by atoms with Crippen LogP contribution in [0.15, 0.2) is 79.0 Å². The second-order valence-corrected chi connectivity index (χ2v) is 8.53. The Morgan fingerprint density at radius 2 is 1.45 bits per heavy atom. The van der Waals surface area contributed by atoms with E-state index in [9.17, 15) is 4.79 Å². The Morgan fingerprint density at radius 3 is 2.00 bits per heavy atom. The lowest BCUT2D eigenvalue weighted by molar-refractivity contribution is -0.137. The molecule has 2 aromatic carbocycles. The van der Waals surface area contributed by atoms with Crippen LogP contribution < -0.4 is 0 Å². The summed E-state index contributed by atoms with van der Waals surface area (Å²) in [6.07, 6.45) is 8.81. The SMILES string of the molecule is C1CC1.Clc1ccccc1.O=C1CCC[C@@H](c2ccc(Cl)cc2)N1Cc1ccccn1. The maximum absolute atomic E-state index is 12.3. The average Bonchev–Trinajstić information content (AvgIpc) is 3.67. The number of pyridine rings is 1. The molecule has 31 heavy (non-hydrogen) atoms. The highest BCUT2D eigenvalue weighted by atomic mass is 35.5. The zero-order valence-electron chi connectivity index (χ0n) is 17.6. The minimum absolute atomic E-state index is 0.116. The Bertz CT molecular complexity index is 912. The second-order valence-electron chi connectivity index (χ2n) is 7.66. The Balaban J connectivity index is 0.000000223. The van der Waals surface area contributed by atoms with Crippen molar-refractivity contribution >= 4 is 29.1 Å². The molecule has 1 aliphatic carbocycles. The molecule has 1 aromatic heterocycles. The summed E-state index contributed by atoms with van der Waals surface area (Å²) in [5.74, 6) is 0.201. The summed E-state index contributed by atoms with van der Waals surface area (Å²) < 4.78 is 0. The summed E-state index contributed by atoms with van der Waals surface area (Å²) in [4.78, 5) is 18.6. The molecule has 5 heteroatoms. The lowest BCUT2D eigenvalue weighted by Gasteiger charge is -2.36. The summed E-state index contributed by atoms with van der Waals surface area (Å²) in [5.41, 5.74) is 2.06. The van der Waals surface area contributed by atoms with Gasteiger partial charge in [0, 0.05) is 22.7 Å². The third kappa shape index (κ3) is 8.35. The summed E-state index contributed by atoms with van der Waals surface area (Å²) in [6, 6.07) is 23.1. The quantitative estimate of drug-likeness (QED) is 0.410. The Kier molecular flexibility index (Phi) is 9.39.